The van der Waals surface area contributed by atoms with E-state index in [0.717, 1.165) is 0 Å². The van der Waals surface area contributed by atoms with Crippen LogP contribution in [0.5, 0.6) is 0 Å². The Bertz CT molecular complexity index is 1130. The average molecular weight is 649 g/mol. The molecule has 1 saturated heterocycles. The third-order valence-electron chi connectivity index (χ3n) is 6.30. The minimum atomic E-state index is -2.59. The van der Waals surface area contributed by atoms with Crippen molar-refractivity contribution in [1.82, 2.24) is 0 Å². The zero-order valence-electron chi connectivity index (χ0n) is 24.6. The predicted octanol–water partition coefficient (Wildman–Crippen LogP) is 4.81. The number of hydrogen-bond donors (Lipinski definition) is 0. The standard InChI is InChI=1S/C29H36O6Si.3CO.Fe/c1-29(2,3)36(23-15-8-5-9-16-23,24-17-10-6-11-18-24)33-22-13-7-12-19-25-26(35-28(31)34-25)20-14-21-27(30)32-4;3*1-2;/h5-13,15-19,25-26H,14,20-22H2,1-4H3;;;;/b13-7+,19-12+;;;;/t25-,26+;;;;/m0..../s1. The van der Waals surface area contributed by atoms with Gasteiger partial charge in [0.15, 0.2) is 6.10 Å². The number of rotatable bonds is 11. The van der Waals surface area contributed by atoms with Gasteiger partial charge in [-0.3, -0.25) is 4.79 Å². The van der Waals surface area contributed by atoms with Crippen LogP contribution in [-0.2, 0) is 54.5 Å². The van der Waals surface area contributed by atoms with Gasteiger partial charge in [0.2, 0.25) is 0 Å². The summed E-state index contributed by atoms with van der Waals surface area (Å²) in [6, 6.07) is 21.0. The summed E-state index contributed by atoms with van der Waals surface area (Å²) in [5, 5.41) is 2.38. The molecule has 0 spiro atoms. The van der Waals surface area contributed by atoms with E-state index >= 15 is 0 Å². The molecule has 3 rings (SSSR count). The van der Waals surface area contributed by atoms with Gasteiger partial charge in [-0.1, -0.05) is 99.7 Å². The van der Waals surface area contributed by atoms with Crippen LogP contribution >= 0.6 is 0 Å². The number of cyclic esters (lactones) is 2. The molecule has 0 bridgehead atoms. The van der Waals surface area contributed by atoms with Crippen molar-refractivity contribution in [2.75, 3.05) is 13.7 Å². The summed E-state index contributed by atoms with van der Waals surface area (Å²) in [5.74, 6) is -0.281. The molecule has 2 aromatic carbocycles. The minimum absolute atomic E-state index is 0. The first-order valence-electron chi connectivity index (χ1n) is 12.9. The second-order valence-corrected chi connectivity index (χ2v) is 14.1. The van der Waals surface area contributed by atoms with E-state index in [1.54, 1.807) is 6.08 Å². The molecule has 2 atom stereocenters. The molecule has 230 valence electrons. The number of benzene rings is 2. The van der Waals surface area contributed by atoms with Gasteiger partial charge in [0.25, 0.3) is 8.32 Å². The molecule has 0 aliphatic carbocycles. The van der Waals surface area contributed by atoms with Crippen LogP contribution in [0.4, 0.5) is 4.79 Å². The molecule has 2 aromatic rings. The Morgan fingerprint density at radius 2 is 1.42 bits per heavy atom. The van der Waals surface area contributed by atoms with Crippen LogP contribution in [-0.4, -0.2) is 46.4 Å². The van der Waals surface area contributed by atoms with E-state index in [1.165, 1.54) is 17.5 Å². The van der Waals surface area contributed by atoms with Crippen molar-refractivity contribution < 1.29 is 59.3 Å². The van der Waals surface area contributed by atoms with E-state index < -0.39 is 26.7 Å². The van der Waals surface area contributed by atoms with Crippen molar-refractivity contribution in [3.8, 4) is 0 Å². The zero-order valence-corrected chi connectivity index (χ0v) is 26.7. The van der Waals surface area contributed by atoms with Crippen LogP contribution in [0.15, 0.2) is 85.0 Å². The van der Waals surface area contributed by atoms with Crippen LogP contribution in [0.1, 0.15) is 40.0 Å². The Hall–Kier alpha value is -3.42. The summed E-state index contributed by atoms with van der Waals surface area (Å²) in [4.78, 5) is 22.9. The second-order valence-electron chi connectivity index (χ2n) is 9.74. The molecule has 43 heavy (non-hydrogen) atoms. The number of ether oxygens (including phenoxy) is 3. The molecule has 0 unspecified atom stereocenters. The van der Waals surface area contributed by atoms with Gasteiger partial charge in [-0.25, -0.2) is 4.79 Å². The van der Waals surface area contributed by atoms with Gasteiger partial charge in [0.1, 0.15) is 6.10 Å². The van der Waals surface area contributed by atoms with Crippen LogP contribution in [0.25, 0.3) is 0 Å². The Kier molecular flexibility index (Phi) is 22.4. The maximum Gasteiger partial charge on any atom is 0 e. The largest absolute Gasteiger partial charge is 0 e. The van der Waals surface area contributed by atoms with Gasteiger partial charge in [0, 0.05) is 23.5 Å². The molecule has 1 aliphatic rings. The van der Waals surface area contributed by atoms with E-state index in [0.29, 0.717) is 19.4 Å². The molecule has 0 N–H and O–H groups in total. The number of carbonyl (C=O) groups excluding carboxylic acids is 2. The molecule has 0 radical (unpaired) electrons. The quantitative estimate of drug-likeness (QED) is 0.113. The zero-order chi connectivity index (χ0) is 32.0. The number of hydrogen-bond acceptors (Lipinski definition) is 6. The molecule has 0 saturated carbocycles. The SMILES string of the molecule is COC(=O)CCC[C@H]1OC(=O)O[C@H]1/C=C/C=C/CO[Si](c1ccccc1)(c1ccccc1)C(C)(C)C.[C-]#[O+].[C-]#[O+].[C-]#[O+].[Fe]. The molecule has 11 heteroatoms. The molecule has 1 aliphatic heterocycles. The third kappa shape index (κ3) is 12.8. The van der Waals surface area contributed by atoms with Crippen molar-refractivity contribution in [1.29, 1.82) is 0 Å². The Balaban J connectivity index is 0. The summed E-state index contributed by atoms with van der Waals surface area (Å²) in [7, 11) is -1.23. The summed E-state index contributed by atoms with van der Waals surface area (Å²) < 4.78 is 44.5. The summed E-state index contributed by atoms with van der Waals surface area (Å²) in [6.07, 6.45) is 7.28. The van der Waals surface area contributed by atoms with Crippen molar-refractivity contribution in [2.45, 2.75) is 57.3 Å². The van der Waals surface area contributed by atoms with Crippen molar-refractivity contribution >= 4 is 30.8 Å². The molecule has 1 fully saturated rings. The van der Waals surface area contributed by atoms with Crippen LogP contribution in [0.2, 0.25) is 5.04 Å². The second kappa shape index (κ2) is 23.1. The van der Waals surface area contributed by atoms with Crippen LogP contribution in [0, 0.1) is 20.0 Å². The fraction of sp³-hybridized carbons (Fsp3) is 0.344. The maximum atomic E-state index is 11.6. The maximum absolute atomic E-state index is 11.6. The van der Waals surface area contributed by atoms with Crippen molar-refractivity contribution in [3.63, 3.8) is 0 Å². The Morgan fingerprint density at radius 1 is 0.907 bits per heavy atom. The normalized spacial score (nSPS) is 15.5. The molecule has 0 amide bonds. The first-order chi connectivity index (χ1) is 20.3. The van der Waals surface area contributed by atoms with E-state index in [1.807, 2.05) is 30.4 Å². The van der Waals surface area contributed by atoms with Gasteiger partial charge >= 0.3 is 46.0 Å². The number of carbonyl (C=O) groups is 2. The fourth-order valence-corrected chi connectivity index (χ4v) is 9.09. The fourth-order valence-electron chi connectivity index (χ4n) is 4.58. The van der Waals surface area contributed by atoms with E-state index in [-0.39, 0.29) is 34.5 Å². The van der Waals surface area contributed by atoms with Crippen molar-refractivity contribution in [2.24, 2.45) is 0 Å². The van der Waals surface area contributed by atoms with Gasteiger partial charge in [-0.2, -0.15) is 0 Å². The number of methoxy groups -OCH3 is 1. The van der Waals surface area contributed by atoms with Crippen LogP contribution < -0.4 is 10.4 Å². The molecular weight excluding hydrogens is 612 g/mol. The van der Waals surface area contributed by atoms with E-state index in [2.05, 4.69) is 94.0 Å². The first kappa shape index (κ1) is 41.7. The molecule has 9 nitrogen and oxygen atoms in total. The van der Waals surface area contributed by atoms with Crippen molar-refractivity contribution in [3.05, 3.63) is 105 Å². The summed E-state index contributed by atoms with van der Waals surface area (Å²) in [5.41, 5.74) is 0. The Morgan fingerprint density at radius 3 is 1.88 bits per heavy atom. The number of esters is 1. The monoisotopic (exact) mass is 648 g/mol. The first-order valence-corrected chi connectivity index (χ1v) is 14.8. The smallest absolute Gasteiger partial charge is 0 e. The molecule has 1 heterocycles. The number of allylic oxidation sites excluding steroid dienone is 2. The molecule has 0 aromatic heterocycles. The summed E-state index contributed by atoms with van der Waals surface area (Å²) >= 11 is 0. The van der Waals surface area contributed by atoms with E-state index in [4.69, 9.17) is 27.9 Å². The minimum Gasteiger partial charge on any atom is 0 e. The predicted molar refractivity (Wildman–Crippen MR) is 155 cm³/mol. The summed E-state index contributed by atoms with van der Waals surface area (Å²) in [6.45, 7) is 20.7. The topological polar surface area (TPSA) is 131 Å². The van der Waals surface area contributed by atoms with Gasteiger partial charge in [-0.15, -0.1) is 0 Å². The van der Waals surface area contributed by atoms with Crippen LogP contribution in [0.3, 0.4) is 0 Å². The van der Waals surface area contributed by atoms with Gasteiger partial charge < -0.3 is 18.6 Å². The molecular formula is C32H36FeO9Si. The van der Waals surface area contributed by atoms with E-state index in [9.17, 15) is 9.59 Å². The third-order valence-corrected chi connectivity index (χ3v) is 11.3. The average Bonchev–Trinajstić information content (AvgIpc) is 3.38. The Labute approximate surface area is 265 Å². The van der Waals surface area contributed by atoms with Gasteiger partial charge in [0.05, 0.1) is 13.7 Å². The van der Waals surface area contributed by atoms with Gasteiger partial charge in [-0.05, 0) is 34.3 Å².